The molecule has 1 aromatic carbocycles. The van der Waals surface area contributed by atoms with Crippen LogP contribution >= 0.6 is 0 Å². The van der Waals surface area contributed by atoms with Crippen molar-refractivity contribution in [2.75, 3.05) is 14.2 Å². The number of pyridine rings is 2. The number of fused-ring (bicyclic) bond motifs is 1. The van der Waals surface area contributed by atoms with Crippen LogP contribution < -0.4 is 0 Å². The fourth-order valence-electron chi connectivity index (χ4n) is 2.30. The number of hydrogen-bond donors (Lipinski definition) is 0. The highest BCUT2D eigenvalue weighted by molar-refractivity contribution is 5.97. The van der Waals surface area contributed by atoms with Crippen molar-refractivity contribution in [2.45, 2.75) is 0 Å². The first kappa shape index (κ1) is 14.2. The largest absolute Gasteiger partial charge is 0.277 e. The second kappa shape index (κ2) is 5.91. The monoisotopic (exact) mass is 293 g/mol. The Kier molecular flexibility index (Phi) is 3.80. The van der Waals surface area contributed by atoms with Crippen LogP contribution in [0.15, 0.2) is 55.0 Å². The lowest BCUT2D eigenvalue weighted by atomic mass is 10.0. The summed E-state index contributed by atoms with van der Waals surface area (Å²) in [5.74, 6) is -0.203. The topological polar surface area (TPSA) is 55.3 Å². The Hall–Kier alpha value is -2.79. The quantitative estimate of drug-likeness (QED) is 0.697. The Morgan fingerprint density at radius 2 is 2.05 bits per heavy atom. The molecule has 0 N–H and O–H groups in total. The summed E-state index contributed by atoms with van der Waals surface area (Å²) in [4.78, 5) is 25.8. The van der Waals surface area contributed by atoms with Gasteiger partial charge in [0.15, 0.2) is 0 Å². The van der Waals surface area contributed by atoms with Gasteiger partial charge in [-0.2, -0.15) is 0 Å². The van der Waals surface area contributed by atoms with E-state index in [2.05, 4.69) is 9.97 Å². The van der Waals surface area contributed by atoms with Gasteiger partial charge in [-0.15, -0.1) is 0 Å². The van der Waals surface area contributed by atoms with Crippen molar-refractivity contribution < 1.29 is 9.63 Å². The van der Waals surface area contributed by atoms with E-state index >= 15 is 0 Å². The number of aromatic nitrogens is 2. The lowest BCUT2D eigenvalue weighted by Gasteiger charge is -2.14. The van der Waals surface area contributed by atoms with Crippen molar-refractivity contribution in [2.24, 2.45) is 0 Å². The van der Waals surface area contributed by atoms with Crippen LogP contribution in [0.3, 0.4) is 0 Å². The van der Waals surface area contributed by atoms with E-state index in [9.17, 15) is 4.79 Å². The van der Waals surface area contributed by atoms with E-state index in [0.29, 0.717) is 5.56 Å². The van der Waals surface area contributed by atoms with Gasteiger partial charge in [-0.05, 0) is 29.8 Å². The van der Waals surface area contributed by atoms with E-state index in [4.69, 9.17) is 4.84 Å². The Balaban J connectivity index is 2.10. The molecule has 2 heterocycles. The van der Waals surface area contributed by atoms with Gasteiger partial charge in [0.05, 0.1) is 12.6 Å². The second-order valence-electron chi connectivity index (χ2n) is 4.83. The molecule has 5 nitrogen and oxygen atoms in total. The molecule has 0 aliphatic heterocycles. The summed E-state index contributed by atoms with van der Waals surface area (Å²) in [6.07, 6.45) is 5.29. The molecule has 0 saturated heterocycles. The number of carbonyl (C=O) groups is 1. The average molecular weight is 293 g/mol. The number of rotatable bonds is 3. The highest BCUT2D eigenvalue weighted by Crippen LogP contribution is 2.26. The first-order valence-electron chi connectivity index (χ1n) is 6.82. The summed E-state index contributed by atoms with van der Waals surface area (Å²) >= 11 is 0. The molecule has 0 aliphatic carbocycles. The number of carbonyl (C=O) groups excluding carboxylic acids is 1. The number of hydrogen-bond acceptors (Lipinski definition) is 4. The molecule has 0 spiro atoms. The minimum Gasteiger partial charge on any atom is -0.274 e. The molecule has 0 unspecified atom stereocenters. The van der Waals surface area contributed by atoms with Gasteiger partial charge in [-0.25, -0.2) is 5.06 Å². The highest BCUT2D eigenvalue weighted by atomic mass is 16.7. The summed E-state index contributed by atoms with van der Waals surface area (Å²) in [5.41, 5.74) is 3.21. The zero-order valence-corrected chi connectivity index (χ0v) is 12.4. The van der Waals surface area contributed by atoms with Crippen LogP contribution in [0.1, 0.15) is 10.4 Å². The second-order valence-corrected chi connectivity index (χ2v) is 4.83. The van der Waals surface area contributed by atoms with Crippen LogP contribution in [-0.4, -0.2) is 35.1 Å². The van der Waals surface area contributed by atoms with Gasteiger partial charge in [-0.1, -0.05) is 12.1 Å². The summed E-state index contributed by atoms with van der Waals surface area (Å²) in [6.45, 7) is 0. The molecule has 110 valence electrons. The van der Waals surface area contributed by atoms with Crippen molar-refractivity contribution >= 4 is 16.8 Å². The predicted molar refractivity (Wildman–Crippen MR) is 84.1 cm³/mol. The van der Waals surface area contributed by atoms with E-state index in [1.54, 1.807) is 31.7 Å². The molecule has 3 rings (SSSR count). The molecule has 22 heavy (non-hydrogen) atoms. The summed E-state index contributed by atoms with van der Waals surface area (Å²) in [7, 11) is 3.04. The van der Waals surface area contributed by atoms with Crippen LogP contribution in [0.5, 0.6) is 0 Å². The van der Waals surface area contributed by atoms with Gasteiger partial charge in [0, 0.05) is 42.2 Å². The van der Waals surface area contributed by atoms with Gasteiger partial charge in [0.2, 0.25) is 0 Å². The smallest absolute Gasteiger partial charge is 0.274 e. The summed E-state index contributed by atoms with van der Waals surface area (Å²) < 4.78 is 0. The lowest BCUT2D eigenvalue weighted by Crippen LogP contribution is -2.25. The molecule has 1 amide bonds. The molecule has 2 aromatic heterocycles. The molecular formula is C17H15N3O2. The van der Waals surface area contributed by atoms with E-state index in [0.717, 1.165) is 22.0 Å². The fraction of sp³-hybridized carbons (Fsp3) is 0.118. The zero-order chi connectivity index (χ0) is 15.5. The summed E-state index contributed by atoms with van der Waals surface area (Å²) in [5, 5.41) is 2.16. The molecule has 5 heteroatoms. The van der Waals surface area contributed by atoms with Gasteiger partial charge < -0.3 is 0 Å². The minimum absolute atomic E-state index is 0.203. The third-order valence-corrected chi connectivity index (χ3v) is 3.49. The maximum Gasteiger partial charge on any atom is 0.277 e. The number of hydroxylamine groups is 2. The number of amides is 1. The van der Waals surface area contributed by atoms with Crippen molar-refractivity contribution in [1.82, 2.24) is 15.0 Å². The number of nitrogens with zero attached hydrogens (tertiary/aromatic N) is 3. The molecule has 0 aliphatic rings. The first-order chi connectivity index (χ1) is 10.7. The third kappa shape index (κ3) is 2.54. The van der Waals surface area contributed by atoms with Gasteiger partial charge in [0.25, 0.3) is 5.91 Å². The molecule has 0 bridgehead atoms. The van der Waals surface area contributed by atoms with Crippen molar-refractivity contribution in [3.8, 4) is 11.1 Å². The summed E-state index contributed by atoms with van der Waals surface area (Å²) in [6, 6.07) is 11.2. The van der Waals surface area contributed by atoms with Gasteiger partial charge in [-0.3, -0.25) is 19.6 Å². The average Bonchev–Trinajstić information content (AvgIpc) is 2.60. The predicted octanol–water partition coefficient (Wildman–Crippen LogP) is 2.93. The molecular weight excluding hydrogens is 278 g/mol. The van der Waals surface area contributed by atoms with E-state index in [1.807, 2.05) is 30.3 Å². The van der Waals surface area contributed by atoms with Gasteiger partial charge >= 0.3 is 0 Å². The SMILES string of the molecule is CON(C)C(=O)c1cccc(-c2cncc3cccnc23)c1. The molecule has 0 radical (unpaired) electrons. The first-order valence-corrected chi connectivity index (χ1v) is 6.82. The van der Waals surface area contributed by atoms with Crippen LogP contribution in [-0.2, 0) is 4.84 Å². The Bertz CT molecular complexity index is 828. The number of benzene rings is 1. The molecule has 0 fully saturated rings. The van der Waals surface area contributed by atoms with Gasteiger partial charge in [0.1, 0.15) is 0 Å². The van der Waals surface area contributed by atoms with Crippen molar-refractivity contribution in [3.05, 3.63) is 60.6 Å². The van der Waals surface area contributed by atoms with E-state index < -0.39 is 0 Å². The maximum absolute atomic E-state index is 12.2. The maximum atomic E-state index is 12.2. The Labute approximate surface area is 128 Å². The van der Waals surface area contributed by atoms with Crippen LogP contribution in [0, 0.1) is 0 Å². The normalized spacial score (nSPS) is 10.6. The standard InChI is InChI=1S/C17H15N3O2/c1-20(22-2)17(21)13-6-3-5-12(9-13)15-11-18-10-14-7-4-8-19-16(14)15/h3-11H,1-2H3. The van der Waals surface area contributed by atoms with E-state index in [-0.39, 0.29) is 5.91 Å². The van der Waals surface area contributed by atoms with Crippen LogP contribution in [0.4, 0.5) is 0 Å². The third-order valence-electron chi connectivity index (χ3n) is 3.49. The van der Waals surface area contributed by atoms with Crippen LogP contribution in [0.2, 0.25) is 0 Å². The highest BCUT2D eigenvalue weighted by Gasteiger charge is 2.13. The molecule has 0 atom stereocenters. The molecule has 3 aromatic rings. The molecule has 0 saturated carbocycles. The Morgan fingerprint density at radius 3 is 2.86 bits per heavy atom. The minimum atomic E-state index is -0.203. The van der Waals surface area contributed by atoms with Crippen molar-refractivity contribution in [1.29, 1.82) is 0 Å². The van der Waals surface area contributed by atoms with Crippen LogP contribution in [0.25, 0.3) is 22.0 Å². The van der Waals surface area contributed by atoms with E-state index in [1.165, 1.54) is 12.2 Å². The zero-order valence-electron chi connectivity index (χ0n) is 12.4. The lowest BCUT2D eigenvalue weighted by molar-refractivity contribution is -0.0756. The Morgan fingerprint density at radius 1 is 1.18 bits per heavy atom. The fourth-order valence-corrected chi connectivity index (χ4v) is 2.30. The van der Waals surface area contributed by atoms with Crippen molar-refractivity contribution in [3.63, 3.8) is 0 Å².